The summed E-state index contributed by atoms with van der Waals surface area (Å²) in [6, 6.07) is 6.99. The van der Waals surface area contributed by atoms with Gasteiger partial charge in [0.15, 0.2) is 5.78 Å². The molecule has 4 nitrogen and oxygen atoms in total. The van der Waals surface area contributed by atoms with Crippen LogP contribution in [0.4, 0.5) is 0 Å². The molecule has 1 saturated heterocycles. The van der Waals surface area contributed by atoms with Crippen LogP contribution in [-0.4, -0.2) is 35.7 Å². The summed E-state index contributed by atoms with van der Waals surface area (Å²) in [6.45, 7) is 7.07. The second-order valence-electron chi connectivity index (χ2n) is 6.24. The number of amides is 1. The second-order valence-corrected chi connectivity index (χ2v) is 6.24. The van der Waals surface area contributed by atoms with Crippen molar-refractivity contribution in [2.24, 2.45) is 11.1 Å². The quantitative estimate of drug-likeness (QED) is 0.840. The molecule has 1 fully saturated rings. The van der Waals surface area contributed by atoms with Crippen molar-refractivity contribution in [2.75, 3.05) is 13.1 Å². The molecule has 108 valence electrons. The lowest BCUT2D eigenvalue weighted by Crippen LogP contribution is -2.53. The molecule has 1 aromatic carbocycles. The topological polar surface area (TPSA) is 63.4 Å². The average Bonchev–Trinajstić information content (AvgIpc) is 2.41. The van der Waals surface area contributed by atoms with Gasteiger partial charge in [-0.05, 0) is 30.9 Å². The normalized spacial score (nSPS) is 21.6. The van der Waals surface area contributed by atoms with Crippen molar-refractivity contribution in [3.05, 3.63) is 35.4 Å². The fourth-order valence-electron chi connectivity index (χ4n) is 2.58. The van der Waals surface area contributed by atoms with Gasteiger partial charge in [-0.25, -0.2) is 0 Å². The van der Waals surface area contributed by atoms with E-state index in [1.165, 1.54) is 6.92 Å². The molecule has 2 rings (SSSR count). The molecule has 20 heavy (non-hydrogen) atoms. The summed E-state index contributed by atoms with van der Waals surface area (Å²) in [5.74, 6) is 0.0224. The number of carbonyl (C=O) groups is 2. The van der Waals surface area contributed by atoms with Gasteiger partial charge < -0.3 is 10.6 Å². The highest BCUT2D eigenvalue weighted by atomic mass is 16.2. The molecule has 0 bridgehead atoms. The van der Waals surface area contributed by atoms with Crippen LogP contribution in [-0.2, 0) is 0 Å². The largest absolute Gasteiger partial charge is 0.338 e. The third kappa shape index (κ3) is 2.90. The zero-order valence-corrected chi connectivity index (χ0v) is 12.3. The molecule has 1 aliphatic rings. The Morgan fingerprint density at radius 3 is 2.25 bits per heavy atom. The maximum atomic E-state index is 12.5. The van der Waals surface area contributed by atoms with Crippen LogP contribution in [0.2, 0.25) is 0 Å². The number of hydrogen-bond donors (Lipinski definition) is 1. The number of ketones is 1. The lowest BCUT2D eigenvalue weighted by Gasteiger charge is -2.42. The fraction of sp³-hybridized carbons (Fsp3) is 0.500. The van der Waals surface area contributed by atoms with Crippen LogP contribution < -0.4 is 5.73 Å². The van der Waals surface area contributed by atoms with E-state index in [0.29, 0.717) is 24.2 Å². The van der Waals surface area contributed by atoms with E-state index in [1.807, 2.05) is 4.90 Å². The number of piperidine rings is 1. The molecule has 1 aliphatic heterocycles. The Kier molecular flexibility index (Phi) is 3.95. The molecular weight excluding hydrogens is 252 g/mol. The summed E-state index contributed by atoms with van der Waals surface area (Å²) in [7, 11) is 0. The van der Waals surface area contributed by atoms with Crippen LogP contribution in [0.3, 0.4) is 0 Å². The van der Waals surface area contributed by atoms with Crippen LogP contribution in [0, 0.1) is 5.41 Å². The summed E-state index contributed by atoms with van der Waals surface area (Å²) in [5, 5.41) is 0. The summed E-state index contributed by atoms with van der Waals surface area (Å²) >= 11 is 0. The third-order valence-corrected chi connectivity index (χ3v) is 4.14. The number of benzene rings is 1. The lowest BCUT2D eigenvalue weighted by atomic mass is 9.79. The molecule has 1 aromatic rings. The van der Waals surface area contributed by atoms with E-state index >= 15 is 0 Å². The maximum Gasteiger partial charge on any atom is 0.253 e. The first-order chi connectivity index (χ1) is 9.31. The lowest BCUT2D eigenvalue weighted by molar-refractivity contribution is 0.0533. The summed E-state index contributed by atoms with van der Waals surface area (Å²) < 4.78 is 0. The van der Waals surface area contributed by atoms with Gasteiger partial charge >= 0.3 is 0 Å². The molecule has 1 atom stereocenters. The number of rotatable bonds is 2. The van der Waals surface area contributed by atoms with Crippen molar-refractivity contribution in [1.82, 2.24) is 4.90 Å². The molecule has 0 radical (unpaired) electrons. The Hall–Kier alpha value is -1.68. The standard InChI is InChI=1S/C16H22N2O2/c1-11(19)12-4-6-13(7-5-12)15(20)18-9-8-14(17)16(2,3)10-18/h4-7,14H,8-10,17H2,1-3H3. The van der Waals surface area contributed by atoms with Gasteiger partial charge in [-0.2, -0.15) is 0 Å². The molecule has 0 aliphatic carbocycles. The second kappa shape index (κ2) is 5.37. The van der Waals surface area contributed by atoms with Crippen LogP contribution in [0.15, 0.2) is 24.3 Å². The average molecular weight is 274 g/mol. The molecule has 1 amide bonds. The fourth-order valence-corrected chi connectivity index (χ4v) is 2.58. The Morgan fingerprint density at radius 2 is 1.75 bits per heavy atom. The van der Waals surface area contributed by atoms with Gasteiger partial charge in [0.1, 0.15) is 0 Å². The van der Waals surface area contributed by atoms with Crippen molar-refractivity contribution in [1.29, 1.82) is 0 Å². The van der Waals surface area contributed by atoms with E-state index in [9.17, 15) is 9.59 Å². The van der Waals surface area contributed by atoms with E-state index in [-0.39, 0.29) is 23.1 Å². The van der Waals surface area contributed by atoms with E-state index < -0.39 is 0 Å². The van der Waals surface area contributed by atoms with Crippen LogP contribution in [0.5, 0.6) is 0 Å². The Balaban J connectivity index is 2.13. The molecule has 2 N–H and O–H groups in total. The smallest absolute Gasteiger partial charge is 0.253 e. The molecule has 4 heteroatoms. The SMILES string of the molecule is CC(=O)c1ccc(C(=O)N2CCC(N)C(C)(C)C2)cc1. The number of nitrogens with two attached hydrogens (primary N) is 1. The van der Waals surface area contributed by atoms with Gasteiger partial charge in [0, 0.05) is 30.3 Å². The number of Topliss-reactive ketones (excluding diaryl/α,β-unsaturated/α-hetero) is 1. The van der Waals surface area contributed by atoms with Crippen molar-refractivity contribution >= 4 is 11.7 Å². The predicted octanol–water partition coefficient (Wildman–Crippen LogP) is 2.09. The van der Waals surface area contributed by atoms with Gasteiger partial charge in [-0.15, -0.1) is 0 Å². The summed E-state index contributed by atoms with van der Waals surface area (Å²) in [6.07, 6.45) is 0.824. The summed E-state index contributed by atoms with van der Waals surface area (Å²) in [4.78, 5) is 25.6. The highest BCUT2D eigenvalue weighted by Gasteiger charge is 2.35. The monoisotopic (exact) mass is 274 g/mol. The van der Waals surface area contributed by atoms with Crippen molar-refractivity contribution in [2.45, 2.75) is 33.2 Å². The Labute approximate surface area is 119 Å². The first kappa shape index (κ1) is 14.7. The Morgan fingerprint density at radius 1 is 1.20 bits per heavy atom. The van der Waals surface area contributed by atoms with Gasteiger partial charge in [-0.1, -0.05) is 26.0 Å². The minimum absolute atomic E-state index is 0.00841. The molecule has 0 aromatic heterocycles. The maximum absolute atomic E-state index is 12.5. The number of hydrogen-bond acceptors (Lipinski definition) is 3. The molecule has 1 unspecified atom stereocenters. The van der Waals surface area contributed by atoms with Gasteiger partial charge in [0.2, 0.25) is 0 Å². The van der Waals surface area contributed by atoms with Gasteiger partial charge in [0.05, 0.1) is 0 Å². The highest BCUT2D eigenvalue weighted by molar-refractivity contribution is 5.97. The minimum atomic E-state index is -0.0623. The van der Waals surface area contributed by atoms with E-state index in [2.05, 4.69) is 13.8 Å². The van der Waals surface area contributed by atoms with E-state index in [0.717, 1.165) is 6.42 Å². The van der Waals surface area contributed by atoms with Crippen molar-refractivity contribution in [3.8, 4) is 0 Å². The predicted molar refractivity (Wildman–Crippen MR) is 78.7 cm³/mol. The zero-order chi connectivity index (χ0) is 14.9. The van der Waals surface area contributed by atoms with Gasteiger partial charge in [-0.3, -0.25) is 9.59 Å². The molecule has 0 spiro atoms. The highest BCUT2D eigenvalue weighted by Crippen LogP contribution is 2.28. The van der Waals surface area contributed by atoms with Gasteiger partial charge in [0.25, 0.3) is 5.91 Å². The third-order valence-electron chi connectivity index (χ3n) is 4.14. The number of nitrogens with zero attached hydrogens (tertiary/aromatic N) is 1. The van der Waals surface area contributed by atoms with Crippen LogP contribution >= 0.6 is 0 Å². The van der Waals surface area contributed by atoms with E-state index in [4.69, 9.17) is 5.73 Å². The van der Waals surface area contributed by atoms with Crippen LogP contribution in [0.1, 0.15) is 47.9 Å². The molecule has 0 saturated carbocycles. The zero-order valence-electron chi connectivity index (χ0n) is 12.3. The summed E-state index contributed by atoms with van der Waals surface area (Å²) in [5.41, 5.74) is 7.28. The first-order valence-corrected chi connectivity index (χ1v) is 6.97. The minimum Gasteiger partial charge on any atom is -0.338 e. The van der Waals surface area contributed by atoms with Crippen molar-refractivity contribution in [3.63, 3.8) is 0 Å². The van der Waals surface area contributed by atoms with Crippen molar-refractivity contribution < 1.29 is 9.59 Å². The first-order valence-electron chi connectivity index (χ1n) is 6.97. The van der Waals surface area contributed by atoms with E-state index in [1.54, 1.807) is 24.3 Å². The Bertz CT molecular complexity index is 520. The molecular formula is C16H22N2O2. The number of likely N-dealkylation sites (tertiary alicyclic amines) is 1. The molecule has 1 heterocycles. The van der Waals surface area contributed by atoms with Crippen LogP contribution in [0.25, 0.3) is 0 Å². The number of carbonyl (C=O) groups excluding carboxylic acids is 2.